The van der Waals surface area contributed by atoms with Crippen LogP contribution in [0.15, 0.2) is 30.3 Å². The van der Waals surface area contributed by atoms with Gasteiger partial charge in [-0.05, 0) is 62.1 Å². The molecule has 110 valence electrons. The lowest BCUT2D eigenvalue weighted by atomic mass is 10.0. The Morgan fingerprint density at radius 1 is 1.00 bits per heavy atom. The Labute approximate surface area is 131 Å². The predicted molar refractivity (Wildman–Crippen MR) is 92.1 cm³/mol. The highest BCUT2D eigenvalue weighted by Crippen LogP contribution is 2.26. The van der Waals surface area contributed by atoms with E-state index in [0.717, 1.165) is 22.4 Å². The lowest BCUT2D eigenvalue weighted by Crippen LogP contribution is -2.10. The minimum atomic E-state index is 0.419. The summed E-state index contributed by atoms with van der Waals surface area (Å²) in [6.45, 7) is 8.81. The summed E-state index contributed by atoms with van der Waals surface area (Å²) in [6, 6.07) is 10.4. The highest BCUT2D eigenvalue weighted by Gasteiger charge is 2.09. The molecule has 0 fully saturated rings. The molecule has 2 rings (SSSR count). The average molecular weight is 299 g/mol. The number of rotatable bonds is 4. The van der Waals surface area contributed by atoms with Gasteiger partial charge in [0.25, 0.3) is 0 Å². The average Bonchev–Trinajstić information content (AvgIpc) is 2.41. The van der Waals surface area contributed by atoms with Crippen LogP contribution in [0.4, 0.5) is 0 Å². The van der Waals surface area contributed by atoms with E-state index in [2.05, 4.69) is 32.0 Å². The third-order valence-electron chi connectivity index (χ3n) is 3.62. The molecule has 0 bridgehead atoms. The van der Waals surface area contributed by atoms with Crippen molar-refractivity contribution in [3.63, 3.8) is 0 Å². The number of hydrogen-bond acceptors (Lipinski definition) is 2. The smallest absolute Gasteiger partial charge is 0.125 e. The van der Waals surface area contributed by atoms with Gasteiger partial charge in [0, 0.05) is 5.56 Å². The van der Waals surface area contributed by atoms with Gasteiger partial charge < -0.3 is 10.5 Å². The van der Waals surface area contributed by atoms with E-state index in [0.29, 0.717) is 11.6 Å². The number of hydrogen-bond donors (Lipinski definition) is 1. The molecule has 2 N–H and O–H groups in total. The van der Waals surface area contributed by atoms with Crippen LogP contribution in [0.5, 0.6) is 5.75 Å². The molecule has 0 unspecified atom stereocenters. The molecule has 21 heavy (non-hydrogen) atoms. The molecule has 0 aliphatic heterocycles. The van der Waals surface area contributed by atoms with Crippen LogP contribution in [0.3, 0.4) is 0 Å². The Balaban J connectivity index is 2.24. The summed E-state index contributed by atoms with van der Waals surface area (Å²) in [5.74, 6) is 0.913. The molecule has 2 aromatic carbocycles. The second-order valence-electron chi connectivity index (χ2n) is 5.52. The zero-order valence-corrected chi connectivity index (χ0v) is 13.8. The largest absolute Gasteiger partial charge is 0.488 e. The van der Waals surface area contributed by atoms with E-state index >= 15 is 0 Å². The molecule has 0 aromatic heterocycles. The third kappa shape index (κ3) is 3.61. The summed E-state index contributed by atoms with van der Waals surface area (Å²) in [5.41, 5.74) is 12.4. The van der Waals surface area contributed by atoms with Gasteiger partial charge in [-0.25, -0.2) is 0 Å². The minimum Gasteiger partial charge on any atom is -0.488 e. The van der Waals surface area contributed by atoms with E-state index in [1.54, 1.807) is 0 Å². The van der Waals surface area contributed by atoms with Crippen molar-refractivity contribution in [1.82, 2.24) is 0 Å². The molecule has 0 aliphatic rings. The zero-order valence-electron chi connectivity index (χ0n) is 13.0. The fourth-order valence-electron chi connectivity index (χ4n) is 2.43. The van der Waals surface area contributed by atoms with E-state index in [-0.39, 0.29) is 0 Å². The van der Waals surface area contributed by atoms with Crippen LogP contribution in [-0.4, -0.2) is 4.99 Å². The Kier molecular flexibility index (Phi) is 4.63. The first-order valence-corrected chi connectivity index (χ1v) is 7.39. The molecule has 3 heteroatoms. The third-order valence-corrected chi connectivity index (χ3v) is 3.86. The number of benzene rings is 2. The Hall–Kier alpha value is -1.87. The molecule has 2 nitrogen and oxygen atoms in total. The van der Waals surface area contributed by atoms with Crippen LogP contribution < -0.4 is 10.5 Å². The highest BCUT2D eigenvalue weighted by atomic mass is 32.1. The van der Waals surface area contributed by atoms with Crippen molar-refractivity contribution in [2.45, 2.75) is 34.3 Å². The van der Waals surface area contributed by atoms with Crippen LogP contribution in [0.2, 0.25) is 0 Å². The van der Waals surface area contributed by atoms with E-state index < -0.39 is 0 Å². The quantitative estimate of drug-likeness (QED) is 0.862. The van der Waals surface area contributed by atoms with Gasteiger partial charge in [-0.2, -0.15) is 0 Å². The molecule has 0 atom stereocenters. The van der Waals surface area contributed by atoms with Crippen LogP contribution in [0, 0.1) is 27.7 Å². The fraction of sp³-hybridized carbons (Fsp3) is 0.278. The standard InChI is InChI=1S/C18H21NOS/c1-11-5-6-12(2)16(7-11)10-20-17-13(3)8-15(18(19)21)9-14(17)4/h5-9H,10H2,1-4H3,(H2,19,21). The van der Waals surface area contributed by atoms with Gasteiger partial charge in [0.1, 0.15) is 17.3 Å². The highest BCUT2D eigenvalue weighted by molar-refractivity contribution is 7.80. The molecule has 0 heterocycles. The van der Waals surface area contributed by atoms with E-state index in [9.17, 15) is 0 Å². The normalized spacial score (nSPS) is 10.5. The van der Waals surface area contributed by atoms with Crippen LogP contribution >= 0.6 is 12.2 Å². The van der Waals surface area contributed by atoms with Gasteiger partial charge in [0.15, 0.2) is 0 Å². The number of ether oxygens (including phenoxy) is 1. The van der Waals surface area contributed by atoms with Crippen molar-refractivity contribution >= 4 is 17.2 Å². The Morgan fingerprint density at radius 3 is 2.19 bits per heavy atom. The van der Waals surface area contributed by atoms with Crippen molar-refractivity contribution in [3.8, 4) is 5.75 Å². The van der Waals surface area contributed by atoms with Gasteiger partial charge in [0.2, 0.25) is 0 Å². The van der Waals surface area contributed by atoms with Gasteiger partial charge in [-0.3, -0.25) is 0 Å². The molecule has 0 radical (unpaired) electrons. The maximum absolute atomic E-state index is 6.04. The second kappa shape index (κ2) is 6.27. The van der Waals surface area contributed by atoms with Crippen LogP contribution in [0.1, 0.15) is 33.4 Å². The van der Waals surface area contributed by atoms with E-state index in [4.69, 9.17) is 22.7 Å². The summed E-state index contributed by atoms with van der Waals surface area (Å²) in [7, 11) is 0. The molecular weight excluding hydrogens is 278 g/mol. The second-order valence-corrected chi connectivity index (χ2v) is 5.96. The topological polar surface area (TPSA) is 35.2 Å². The fourth-order valence-corrected chi connectivity index (χ4v) is 2.54. The summed E-state index contributed by atoms with van der Waals surface area (Å²) in [6.07, 6.45) is 0. The SMILES string of the molecule is Cc1ccc(C)c(COc2c(C)cc(C(N)=S)cc2C)c1. The summed E-state index contributed by atoms with van der Waals surface area (Å²) in [5, 5.41) is 0. The summed E-state index contributed by atoms with van der Waals surface area (Å²) < 4.78 is 6.04. The van der Waals surface area contributed by atoms with Crippen LogP contribution in [-0.2, 0) is 6.61 Å². The number of thiocarbonyl (C=S) groups is 1. The van der Waals surface area contributed by atoms with Crippen molar-refractivity contribution in [3.05, 3.63) is 63.7 Å². The van der Waals surface area contributed by atoms with Gasteiger partial charge >= 0.3 is 0 Å². The summed E-state index contributed by atoms with van der Waals surface area (Å²) in [4.78, 5) is 0.419. The van der Waals surface area contributed by atoms with Crippen molar-refractivity contribution in [1.29, 1.82) is 0 Å². The van der Waals surface area contributed by atoms with Gasteiger partial charge in [-0.1, -0.05) is 36.0 Å². The first-order chi connectivity index (χ1) is 9.88. The molecule has 0 saturated heterocycles. The predicted octanol–water partition coefficient (Wildman–Crippen LogP) is 4.13. The number of nitrogens with two attached hydrogens (primary N) is 1. The van der Waals surface area contributed by atoms with Gasteiger partial charge in [0.05, 0.1) is 0 Å². The van der Waals surface area contributed by atoms with Crippen LogP contribution in [0.25, 0.3) is 0 Å². The lowest BCUT2D eigenvalue weighted by Gasteiger charge is -2.15. The zero-order chi connectivity index (χ0) is 15.6. The maximum atomic E-state index is 6.04. The van der Waals surface area contributed by atoms with Crippen molar-refractivity contribution in [2.75, 3.05) is 0 Å². The maximum Gasteiger partial charge on any atom is 0.125 e. The van der Waals surface area contributed by atoms with Gasteiger partial charge in [-0.15, -0.1) is 0 Å². The van der Waals surface area contributed by atoms with E-state index in [1.807, 2.05) is 26.0 Å². The van der Waals surface area contributed by atoms with Crippen molar-refractivity contribution < 1.29 is 4.74 Å². The monoisotopic (exact) mass is 299 g/mol. The number of aryl methyl sites for hydroxylation is 4. The lowest BCUT2D eigenvalue weighted by molar-refractivity contribution is 0.301. The Bertz CT molecular complexity index is 669. The van der Waals surface area contributed by atoms with Crippen molar-refractivity contribution in [2.24, 2.45) is 5.73 Å². The molecule has 0 aliphatic carbocycles. The minimum absolute atomic E-state index is 0.419. The molecule has 2 aromatic rings. The molecule has 0 spiro atoms. The molecular formula is C18H21NOS. The molecule has 0 saturated carbocycles. The Morgan fingerprint density at radius 2 is 1.62 bits per heavy atom. The first-order valence-electron chi connectivity index (χ1n) is 6.98. The van der Waals surface area contributed by atoms with E-state index in [1.165, 1.54) is 16.7 Å². The molecule has 0 amide bonds. The first kappa shape index (κ1) is 15.5. The summed E-state index contributed by atoms with van der Waals surface area (Å²) >= 11 is 5.03.